The Balaban J connectivity index is 1.93. The molecule has 1 aliphatic carbocycles. The van der Waals surface area contributed by atoms with Gasteiger partial charge in [-0.2, -0.15) is 5.48 Å². The van der Waals surface area contributed by atoms with Gasteiger partial charge < -0.3 is 15.0 Å². The normalized spacial score (nSPS) is 25.5. The smallest absolute Gasteiger partial charge is 0.352 e. The van der Waals surface area contributed by atoms with E-state index in [4.69, 9.17) is 0 Å². The Hall–Kier alpha value is -3.16. The van der Waals surface area contributed by atoms with Crippen LogP contribution in [0.3, 0.4) is 0 Å². The second-order valence-electron chi connectivity index (χ2n) is 8.56. The first kappa shape index (κ1) is 21.1. The summed E-state index contributed by atoms with van der Waals surface area (Å²) in [6.45, 7) is 6.25. The molecule has 0 fully saturated rings. The van der Waals surface area contributed by atoms with E-state index < -0.39 is 11.9 Å². The summed E-state index contributed by atoms with van der Waals surface area (Å²) in [7, 11) is 0. The summed E-state index contributed by atoms with van der Waals surface area (Å²) in [5.74, 6) is -1.80. The third kappa shape index (κ3) is 3.71. The van der Waals surface area contributed by atoms with Gasteiger partial charge in [-0.1, -0.05) is 43.7 Å². The van der Waals surface area contributed by atoms with Crippen LogP contribution in [-0.2, 0) is 11.3 Å². The summed E-state index contributed by atoms with van der Waals surface area (Å²) < 4.78 is 1.78. The van der Waals surface area contributed by atoms with Gasteiger partial charge >= 0.3 is 5.97 Å². The van der Waals surface area contributed by atoms with E-state index >= 15 is 0 Å². The van der Waals surface area contributed by atoms with Crippen molar-refractivity contribution in [1.82, 2.24) is 9.88 Å². The molecule has 31 heavy (non-hydrogen) atoms. The van der Waals surface area contributed by atoms with Gasteiger partial charge in [0.05, 0.1) is 5.92 Å². The maximum Gasteiger partial charge on any atom is 0.352 e. The molecule has 1 aliphatic heterocycles. The number of carboxylic acids is 1. The molecule has 4 unspecified atom stereocenters. The minimum atomic E-state index is -1.06. The molecule has 7 heteroatoms. The van der Waals surface area contributed by atoms with Crippen molar-refractivity contribution < 1.29 is 25.4 Å². The number of aromatic nitrogens is 1. The molecule has 4 rings (SSSR count). The predicted octanol–water partition coefficient (Wildman–Crippen LogP) is 2.46. The summed E-state index contributed by atoms with van der Waals surface area (Å²) in [5.41, 5.74) is 4.57. The van der Waals surface area contributed by atoms with Crippen molar-refractivity contribution in [2.75, 3.05) is 0 Å². The molecule has 1 aromatic heterocycles. The molecule has 162 valence electrons. The van der Waals surface area contributed by atoms with E-state index in [1.54, 1.807) is 10.8 Å². The standard InChI is InChI=1S/C24H27N3O4/c1-13-4-7-19-17(10-13)21(20-15(3)8-9-25-23(20)28)22(24(29)30)27(19)12-16-6-5-14(2)18(11-16)26-31/h4-11,14-15,18,20,26,31H,12H2,1-3H3,(H,25,28)(H,29,30)/p+1. The van der Waals surface area contributed by atoms with Gasteiger partial charge in [-0.15, -0.1) is 0 Å². The van der Waals surface area contributed by atoms with Crippen molar-refractivity contribution >= 4 is 22.8 Å². The highest BCUT2D eigenvalue weighted by Gasteiger charge is 2.36. The van der Waals surface area contributed by atoms with Crippen LogP contribution in [0.1, 0.15) is 41.4 Å². The van der Waals surface area contributed by atoms with Gasteiger partial charge in [0.2, 0.25) is 5.91 Å². The van der Waals surface area contributed by atoms with Crippen LogP contribution in [-0.4, -0.2) is 32.8 Å². The number of carbonyl (C=O) groups excluding carboxylic acids is 1. The number of nitrogens with one attached hydrogen (secondary N) is 1. The molecular formula is C24H28N3O4+. The van der Waals surface area contributed by atoms with Crippen LogP contribution in [0.15, 0.2) is 54.3 Å². The Bertz CT molecular complexity index is 1140. The number of carbonyl (C=O) groups is 2. The second kappa shape index (κ2) is 8.17. The molecule has 2 heterocycles. The third-order valence-corrected chi connectivity index (χ3v) is 6.35. The second-order valence-corrected chi connectivity index (χ2v) is 8.56. The lowest BCUT2D eigenvalue weighted by molar-refractivity contribution is -0.906. The highest BCUT2D eigenvalue weighted by molar-refractivity contribution is 6.03. The quantitative estimate of drug-likeness (QED) is 0.555. The van der Waals surface area contributed by atoms with E-state index in [0.29, 0.717) is 12.1 Å². The van der Waals surface area contributed by atoms with E-state index in [-0.39, 0.29) is 29.5 Å². The molecule has 0 radical (unpaired) electrons. The fourth-order valence-corrected chi connectivity index (χ4v) is 4.64. The Kier molecular flexibility index (Phi) is 5.56. The molecule has 0 saturated carbocycles. The largest absolute Gasteiger partial charge is 0.477 e. The number of aryl methyl sites for hydroxylation is 1. The van der Waals surface area contributed by atoms with Gasteiger partial charge in [0.15, 0.2) is 0 Å². The topological polar surface area (TPSA) is 108 Å². The van der Waals surface area contributed by atoms with Crippen LogP contribution >= 0.6 is 0 Å². The van der Waals surface area contributed by atoms with Crippen LogP contribution in [0.5, 0.6) is 0 Å². The van der Waals surface area contributed by atoms with Crippen LogP contribution in [0, 0.1) is 18.8 Å². The number of fused-ring (bicyclic) bond motifs is 1. The average Bonchev–Trinajstić information content (AvgIpc) is 3.02. The molecular weight excluding hydrogens is 394 g/mol. The molecule has 0 saturated heterocycles. The zero-order valence-electron chi connectivity index (χ0n) is 17.9. The monoisotopic (exact) mass is 422 g/mol. The number of nitrogens with two attached hydrogens (primary N) is 1. The van der Waals surface area contributed by atoms with Crippen molar-refractivity contribution in [2.24, 2.45) is 11.8 Å². The van der Waals surface area contributed by atoms with Crippen LogP contribution < -0.4 is 10.8 Å². The van der Waals surface area contributed by atoms with Crippen molar-refractivity contribution in [3.63, 3.8) is 0 Å². The Morgan fingerprint density at radius 3 is 2.68 bits per heavy atom. The van der Waals surface area contributed by atoms with Crippen molar-refractivity contribution in [3.8, 4) is 0 Å². The molecule has 0 bridgehead atoms. The molecule has 5 N–H and O–H groups in total. The number of aromatic carboxylic acids is 1. The fraction of sp³-hybridized carbons (Fsp3) is 0.333. The number of amides is 1. The summed E-state index contributed by atoms with van der Waals surface area (Å²) >= 11 is 0. The van der Waals surface area contributed by atoms with Crippen molar-refractivity contribution in [2.45, 2.75) is 39.3 Å². The van der Waals surface area contributed by atoms with Crippen molar-refractivity contribution in [3.05, 3.63) is 71.1 Å². The molecule has 2 aromatic rings. The van der Waals surface area contributed by atoms with Crippen LogP contribution in [0.2, 0.25) is 0 Å². The lowest BCUT2D eigenvalue weighted by Gasteiger charge is -2.25. The molecule has 0 spiro atoms. The molecule has 1 aromatic carbocycles. The van der Waals surface area contributed by atoms with Gasteiger partial charge in [0, 0.05) is 35.1 Å². The van der Waals surface area contributed by atoms with E-state index in [1.807, 2.05) is 63.3 Å². The highest BCUT2D eigenvalue weighted by Crippen LogP contribution is 2.39. The number of hydroxylamine groups is 1. The number of hydrogen-bond donors (Lipinski definition) is 4. The average molecular weight is 423 g/mol. The summed E-state index contributed by atoms with van der Waals surface area (Å²) in [5, 5.41) is 23.3. The summed E-state index contributed by atoms with van der Waals surface area (Å²) in [6.07, 6.45) is 9.49. The minimum absolute atomic E-state index is 0.119. The number of benzene rings is 1. The Labute approximate surface area is 180 Å². The van der Waals surface area contributed by atoms with E-state index in [9.17, 15) is 19.9 Å². The van der Waals surface area contributed by atoms with Crippen LogP contribution in [0.4, 0.5) is 0 Å². The van der Waals surface area contributed by atoms with E-state index in [2.05, 4.69) is 5.32 Å². The predicted molar refractivity (Wildman–Crippen MR) is 117 cm³/mol. The number of nitrogens with zero attached hydrogens (tertiary/aromatic N) is 1. The maximum atomic E-state index is 12.8. The lowest BCUT2D eigenvalue weighted by atomic mass is 9.83. The van der Waals surface area contributed by atoms with Gasteiger partial charge in [0.1, 0.15) is 11.7 Å². The van der Waals surface area contributed by atoms with E-state index in [0.717, 1.165) is 22.0 Å². The Morgan fingerprint density at radius 1 is 1.23 bits per heavy atom. The summed E-state index contributed by atoms with van der Waals surface area (Å²) in [4.78, 5) is 25.3. The number of allylic oxidation sites excluding steroid dienone is 3. The van der Waals surface area contributed by atoms with Crippen LogP contribution in [0.25, 0.3) is 10.9 Å². The number of rotatable bonds is 5. The summed E-state index contributed by atoms with van der Waals surface area (Å²) in [6, 6.07) is 5.72. The first-order valence-electron chi connectivity index (χ1n) is 10.5. The molecule has 2 aliphatic rings. The third-order valence-electron chi connectivity index (χ3n) is 6.35. The van der Waals surface area contributed by atoms with Gasteiger partial charge in [0.25, 0.3) is 0 Å². The van der Waals surface area contributed by atoms with Gasteiger partial charge in [-0.25, -0.2) is 10.0 Å². The lowest BCUT2D eigenvalue weighted by Crippen LogP contribution is -2.88. The number of quaternary nitrogens is 1. The zero-order chi connectivity index (χ0) is 22.3. The Morgan fingerprint density at radius 2 is 2.00 bits per heavy atom. The maximum absolute atomic E-state index is 12.8. The number of carboxylic acid groups (broad SMARTS) is 1. The van der Waals surface area contributed by atoms with Crippen molar-refractivity contribution in [1.29, 1.82) is 0 Å². The SMILES string of the molecule is Cc1ccc2c(c1)c(C1C(=O)NC=CC1C)c(C(=O)O)n2CC1=CC([NH2+]O)C(C)C=C1. The van der Waals surface area contributed by atoms with E-state index in [1.165, 1.54) is 5.48 Å². The molecule has 7 nitrogen and oxygen atoms in total. The highest BCUT2D eigenvalue weighted by atomic mass is 16.5. The zero-order valence-corrected chi connectivity index (χ0v) is 17.9. The minimum Gasteiger partial charge on any atom is -0.477 e. The number of hydrogen-bond acceptors (Lipinski definition) is 3. The van der Waals surface area contributed by atoms with Gasteiger partial charge in [-0.3, -0.25) is 4.79 Å². The molecule has 4 atom stereocenters. The van der Waals surface area contributed by atoms with Gasteiger partial charge in [-0.05, 0) is 36.6 Å². The fourth-order valence-electron chi connectivity index (χ4n) is 4.64. The molecule has 1 amide bonds. The first-order chi connectivity index (χ1) is 14.8. The first-order valence-corrected chi connectivity index (χ1v) is 10.5.